The van der Waals surface area contributed by atoms with Gasteiger partial charge in [0.1, 0.15) is 12.4 Å². The van der Waals surface area contributed by atoms with Gasteiger partial charge in [-0.2, -0.15) is 0 Å². The van der Waals surface area contributed by atoms with Crippen LogP contribution in [0, 0.1) is 0 Å². The normalized spacial score (nSPS) is 12.3. The maximum Gasteiger partial charge on any atom is 0.317 e. The lowest BCUT2D eigenvalue weighted by Crippen LogP contribution is -2.40. The van der Waals surface area contributed by atoms with E-state index >= 15 is 0 Å². The van der Waals surface area contributed by atoms with Gasteiger partial charge in [0, 0.05) is 13.3 Å². The van der Waals surface area contributed by atoms with E-state index in [1.807, 2.05) is 37.3 Å². The van der Waals surface area contributed by atoms with Gasteiger partial charge in [-0.15, -0.1) is 0 Å². The summed E-state index contributed by atoms with van der Waals surface area (Å²) in [6, 6.07) is 15.5. The van der Waals surface area contributed by atoms with Gasteiger partial charge in [0.05, 0.1) is 17.5 Å². The second kappa shape index (κ2) is 8.71. The number of sulfone groups is 1. The van der Waals surface area contributed by atoms with Crippen LogP contribution in [0.2, 0.25) is 0 Å². The van der Waals surface area contributed by atoms with Crippen molar-refractivity contribution in [3.8, 4) is 5.75 Å². The minimum Gasteiger partial charge on any atom is -0.492 e. The highest BCUT2D eigenvalue weighted by Gasteiger charge is 2.14. The van der Waals surface area contributed by atoms with E-state index in [0.29, 0.717) is 13.2 Å². The third-order valence-corrected chi connectivity index (χ3v) is 5.06. The van der Waals surface area contributed by atoms with Crippen LogP contribution in [0.25, 0.3) is 0 Å². The van der Waals surface area contributed by atoms with Crippen LogP contribution in [0.4, 0.5) is 4.79 Å². The molecule has 7 heteroatoms. The molecule has 140 valence electrons. The number of likely N-dealkylation sites (N-methyl/N-ethyl adjacent to an activating group) is 1. The Balaban J connectivity index is 1.83. The number of rotatable bonds is 7. The number of benzene rings is 2. The summed E-state index contributed by atoms with van der Waals surface area (Å²) >= 11 is 0. The summed E-state index contributed by atoms with van der Waals surface area (Å²) in [6.07, 6.45) is 1.17. The highest BCUT2D eigenvalue weighted by molar-refractivity contribution is 7.90. The molecule has 0 heterocycles. The van der Waals surface area contributed by atoms with Gasteiger partial charge >= 0.3 is 6.03 Å². The molecule has 1 unspecified atom stereocenters. The van der Waals surface area contributed by atoms with Gasteiger partial charge in [-0.3, -0.25) is 0 Å². The van der Waals surface area contributed by atoms with E-state index in [4.69, 9.17) is 4.74 Å². The molecule has 0 aliphatic carbocycles. The first-order valence-electron chi connectivity index (χ1n) is 8.27. The lowest BCUT2D eigenvalue weighted by molar-refractivity contribution is 0.192. The van der Waals surface area contributed by atoms with Gasteiger partial charge in [0.25, 0.3) is 0 Å². The fourth-order valence-electron chi connectivity index (χ4n) is 2.30. The van der Waals surface area contributed by atoms with E-state index in [1.54, 1.807) is 36.2 Å². The van der Waals surface area contributed by atoms with Crippen molar-refractivity contribution in [1.82, 2.24) is 10.2 Å². The fraction of sp³-hybridized carbons (Fsp3) is 0.316. The topological polar surface area (TPSA) is 75.7 Å². The highest BCUT2D eigenvalue weighted by Crippen LogP contribution is 2.16. The average Bonchev–Trinajstić information content (AvgIpc) is 2.61. The number of nitrogens with one attached hydrogen (secondary N) is 1. The van der Waals surface area contributed by atoms with Gasteiger partial charge in [-0.05, 0) is 36.8 Å². The van der Waals surface area contributed by atoms with Gasteiger partial charge in [0.15, 0.2) is 9.84 Å². The Labute approximate surface area is 154 Å². The predicted octanol–water partition coefficient (Wildman–Crippen LogP) is 2.87. The van der Waals surface area contributed by atoms with E-state index in [0.717, 1.165) is 11.3 Å². The monoisotopic (exact) mass is 376 g/mol. The molecule has 0 fully saturated rings. The number of hydrogen-bond acceptors (Lipinski definition) is 4. The zero-order valence-corrected chi connectivity index (χ0v) is 16.0. The van der Waals surface area contributed by atoms with Crippen LogP contribution in [-0.2, 0) is 9.84 Å². The summed E-state index contributed by atoms with van der Waals surface area (Å²) in [4.78, 5) is 14.1. The Morgan fingerprint density at radius 2 is 1.73 bits per heavy atom. The van der Waals surface area contributed by atoms with E-state index in [1.165, 1.54) is 6.26 Å². The van der Waals surface area contributed by atoms with Crippen molar-refractivity contribution in [1.29, 1.82) is 0 Å². The summed E-state index contributed by atoms with van der Waals surface area (Å²) in [6.45, 7) is 2.69. The number of amides is 2. The van der Waals surface area contributed by atoms with Crippen LogP contribution in [0.5, 0.6) is 5.75 Å². The molecule has 2 aromatic rings. The van der Waals surface area contributed by atoms with Crippen molar-refractivity contribution in [3.05, 3.63) is 60.2 Å². The molecule has 0 radical (unpaired) electrons. The standard InChI is InChI=1S/C19H24N2O4S/c1-15(16-9-11-18(12-10-16)26(3,23)24)20-19(22)21(2)13-14-25-17-7-5-4-6-8-17/h4-12,15H,13-14H2,1-3H3,(H,20,22). The Morgan fingerprint density at radius 1 is 1.12 bits per heavy atom. The van der Waals surface area contributed by atoms with Crippen molar-refractivity contribution in [2.75, 3.05) is 26.5 Å². The predicted molar refractivity (Wildman–Crippen MR) is 101 cm³/mol. The van der Waals surface area contributed by atoms with Crippen molar-refractivity contribution >= 4 is 15.9 Å². The molecule has 0 spiro atoms. The largest absolute Gasteiger partial charge is 0.492 e. The zero-order valence-electron chi connectivity index (χ0n) is 15.2. The number of hydrogen-bond donors (Lipinski definition) is 1. The smallest absolute Gasteiger partial charge is 0.317 e. The molecule has 2 rings (SSSR count). The van der Waals surface area contributed by atoms with Crippen LogP contribution in [-0.4, -0.2) is 45.8 Å². The maximum absolute atomic E-state index is 12.3. The minimum absolute atomic E-state index is 0.221. The van der Waals surface area contributed by atoms with Gasteiger partial charge < -0.3 is 15.0 Å². The van der Waals surface area contributed by atoms with Crippen LogP contribution in [0.15, 0.2) is 59.5 Å². The van der Waals surface area contributed by atoms with E-state index in [9.17, 15) is 13.2 Å². The summed E-state index contributed by atoms with van der Waals surface area (Å²) in [5, 5.41) is 2.88. The molecule has 0 aliphatic heterocycles. The van der Waals surface area contributed by atoms with Gasteiger partial charge in [-0.25, -0.2) is 13.2 Å². The molecule has 6 nitrogen and oxygen atoms in total. The van der Waals surface area contributed by atoms with Crippen LogP contribution >= 0.6 is 0 Å². The Morgan fingerprint density at radius 3 is 2.31 bits per heavy atom. The number of urea groups is 1. The first-order chi connectivity index (χ1) is 12.3. The molecule has 1 atom stereocenters. The number of carbonyl (C=O) groups excluding carboxylic acids is 1. The lowest BCUT2D eigenvalue weighted by Gasteiger charge is -2.22. The van der Waals surface area contributed by atoms with Crippen molar-refractivity contribution < 1.29 is 17.9 Å². The van der Waals surface area contributed by atoms with Crippen LogP contribution in [0.1, 0.15) is 18.5 Å². The first-order valence-corrected chi connectivity index (χ1v) is 10.2. The minimum atomic E-state index is -3.22. The van der Waals surface area contributed by atoms with Crippen LogP contribution < -0.4 is 10.1 Å². The van der Waals surface area contributed by atoms with Gasteiger partial charge in [0.2, 0.25) is 0 Å². The number of para-hydroxylation sites is 1. The quantitative estimate of drug-likeness (QED) is 0.806. The molecule has 0 aromatic heterocycles. The molecule has 26 heavy (non-hydrogen) atoms. The third-order valence-electron chi connectivity index (χ3n) is 3.93. The second-order valence-corrected chi connectivity index (χ2v) is 8.11. The summed E-state index contributed by atoms with van der Waals surface area (Å²) in [5.41, 5.74) is 0.833. The Hall–Kier alpha value is -2.54. The van der Waals surface area contributed by atoms with E-state index < -0.39 is 9.84 Å². The number of ether oxygens (including phenoxy) is 1. The molecule has 0 saturated heterocycles. The first kappa shape index (κ1) is 19.8. The molecule has 0 bridgehead atoms. The number of carbonyl (C=O) groups is 1. The number of nitrogens with zero attached hydrogens (tertiary/aromatic N) is 1. The summed E-state index contributed by atoms with van der Waals surface area (Å²) < 4.78 is 28.6. The molecular weight excluding hydrogens is 352 g/mol. The lowest BCUT2D eigenvalue weighted by atomic mass is 10.1. The molecular formula is C19H24N2O4S. The summed E-state index contributed by atoms with van der Waals surface area (Å²) in [7, 11) is -1.53. The SMILES string of the molecule is CC(NC(=O)N(C)CCOc1ccccc1)c1ccc(S(C)(=O)=O)cc1. The molecule has 0 aliphatic rings. The van der Waals surface area contributed by atoms with E-state index in [2.05, 4.69) is 5.32 Å². The van der Waals surface area contributed by atoms with Gasteiger partial charge in [-0.1, -0.05) is 30.3 Å². The average molecular weight is 376 g/mol. The molecule has 2 amide bonds. The third kappa shape index (κ3) is 5.77. The molecule has 0 saturated carbocycles. The molecule has 2 aromatic carbocycles. The van der Waals surface area contributed by atoms with Crippen LogP contribution in [0.3, 0.4) is 0 Å². The maximum atomic E-state index is 12.3. The van der Waals surface area contributed by atoms with E-state index in [-0.39, 0.29) is 17.0 Å². The summed E-state index contributed by atoms with van der Waals surface area (Å²) in [5.74, 6) is 0.764. The molecule has 1 N–H and O–H groups in total. The zero-order chi connectivity index (χ0) is 19.2. The second-order valence-electron chi connectivity index (χ2n) is 6.10. The van der Waals surface area contributed by atoms with Crippen molar-refractivity contribution in [2.45, 2.75) is 17.9 Å². The van der Waals surface area contributed by atoms with Crippen molar-refractivity contribution in [3.63, 3.8) is 0 Å². The highest BCUT2D eigenvalue weighted by atomic mass is 32.2. The van der Waals surface area contributed by atoms with Crippen molar-refractivity contribution in [2.24, 2.45) is 0 Å². The fourth-order valence-corrected chi connectivity index (χ4v) is 2.93. The Kier molecular flexibility index (Phi) is 6.63. The Bertz CT molecular complexity index is 820.